The molecule has 0 saturated carbocycles. The number of nitrogens with one attached hydrogen (secondary N) is 1. The molecule has 0 bridgehead atoms. The van der Waals surface area contributed by atoms with Crippen LogP contribution in [0.4, 0.5) is 0 Å². The highest BCUT2D eigenvalue weighted by Gasteiger charge is 2.36. The van der Waals surface area contributed by atoms with E-state index in [1.807, 2.05) is 37.2 Å². The van der Waals surface area contributed by atoms with Crippen LogP contribution in [0.2, 0.25) is 0 Å². The first-order valence-electron chi connectivity index (χ1n) is 8.10. The van der Waals surface area contributed by atoms with E-state index < -0.39 is 5.60 Å². The number of H-pyrrole nitrogens is 1. The smallest absolute Gasteiger partial charge is 0.254 e. The number of rotatable bonds is 4. The number of aromatic amines is 1. The van der Waals surface area contributed by atoms with Crippen LogP contribution < -0.4 is 0 Å². The molecule has 2 N–H and O–H groups in total. The molecular weight excluding hydrogens is 306 g/mol. The molecule has 0 radical (unpaired) electrons. The van der Waals surface area contributed by atoms with Crippen molar-refractivity contribution in [1.29, 1.82) is 0 Å². The number of carbonyl (C=O) groups is 1. The van der Waals surface area contributed by atoms with Crippen molar-refractivity contribution in [3.05, 3.63) is 36.2 Å². The van der Waals surface area contributed by atoms with E-state index in [1.165, 1.54) is 6.33 Å². The molecule has 1 saturated heterocycles. The highest BCUT2D eigenvalue weighted by Crippen LogP contribution is 2.26. The Bertz CT molecular complexity index is 701. The Morgan fingerprint density at radius 2 is 2.21 bits per heavy atom. The van der Waals surface area contributed by atoms with Gasteiger partial charge < -0.3 is 14.9 Å². The lowest BCUT2D eigenvalue weighted by molar-refractivity contribution is -0.0391. The summed E-state index contributed by atoms with van der Waals surface area (Å²) in [4.78, 5) is 20.9. The van der Waals surface area contributed by atoms with Crippen LogP contribution in [0.1, 0.15) is 23.2 Å². The lowest BCUT2D eigenvalue weighted by Gasteiger charge is -2.40. The summed E-state index contributed by atoms with van der Waals surface area (Å²) in [5.74, 6) is 0.485. The number of nitrogens with zero attached hydrogens (tertiary/aromatic N) is 4. The zero-order valence-electron chi connectivity index (χ0n) is 14.1. The normalized spacial score (nSPS) is 21.2. The summed E-state index contributed by atoms with van der Waals surface area (Å²) in [5.41, 5.74) is 0.434. The van der Waals surface area contributed by atoms with Crippen LogP contribution in [0.3, 0.4) is 0 Å². The second-order valence-corrected chi connectivity index (χ2v) is 6.67. The van der Waals surface area contributed by atoms with Crippen molar-refractivity contribution < 1.29 is 9.90 Å². The van der Waals surface area contributed by atoms with Gasteiger partial charge in [-0.25, -0.2) is 4.98 Å². The van der Waals surface area contributed by atoms with Gasteiger partial charge in [-0.3, -0.25) is 9.89 Å². The van der Waals surface area contributed by atoms with Gasteiger partial charge >= 0.3 is 0 Å². The summed E-state index contributed by atoms with van der Waals surface area (Å²) in [6.07, 6.45) is 2.92. The van der Waals surface area contributed by atoms with E-state index in [-0.39, 0.29) is 5.91 Å². The lowest BCUT2D eigenvalue weighted by atomic mass is 9.91. The molecule has 1 aromatic heterocycles. The Morgan fingerprint density at radius 3 is 2.92 bits per heavy atom. The minimum absolute atomic E-state index is 0.0844. The van der Waals surface area contributed by atoms with Gasteiger partial charge in [-0.1, -0.05) is 18.2 Å². The lowest BCUT2D eigenvalue weighted by Crippen LogP contribution is -2.54. The number of likely N-dealkylation sites (tertiary alicyclic amines) is 1. The van der Waals surface area contributed by atoms with E-state index in [1.54, 1.807) is 11.0 Å². The topological polar surface area (TPSA) is 85.3 Å². The number of likely N-dealkylation sites (N-methyl/N-ethyl adjacent to an activating group) is 1. The van der Waals surface area contributed by atoms with Crippen LogP contribution in [0, 0.1) is 0 Å². The predicted molar refractivity (Wildman–Crippen MR) is 90.5 cm³/mol. The van der Waals surface area contributed by atoms with Crippen molar-refractivity contribution in [2.45, 2.75) is 18.4 Å². The minimum Gasteiger partial charge on any atom is -0.387 e. The number of hydrogen-bond donors (Lipinski definition) is 2. The Morgan fingerprint density at radius 1 is 1.42 bits per heavy atom. The minimum atomic E-state index is -0.863. The SMILES string of the molecule is CN(C)C[C@]1(O)CCCN(C(=O)c2ccccc2-c2ncn[nH]2)C1. The van der Waals surface area contributed by atoms with Gasteiger partial charge in [0.1, 0.15) is 6.33 Å². The summed E-state index contributed by atoms with van der Waals surface area (Å²) >= 11 is 0. The number of β-amino-alcohol motifs (C(OH)–C–C–N with tert-alkyl or cyclic N) is 1. The second kappa shape index (κ2) is 6.70. The summed E-state index contributed by atoms with van der Waals surface area (Å²) < 4.78 is 0. The van der Waals surface area contributed by atoms with Crippen molar-refractivity contribution in [2.24, 2.45) is 0 Å². The fourth-order valence-corrected chi connectivity index (χ4v) is 3.39. The molecule has 24 heavy (non-hydrogen) atoms. The van der Waals surface area contributed by atoms with Crippen molar-refractivity contribution in [3.63, 3.8) is 0 Å². The van der Waals surface area contributed by atoms with Gasteiger partial charge in [0, 0.05) is 18.7 Å². The third-order valence-corrected chi connectivity index (χ3v) is 4.28. The van der Waals surface area contributed by atoms with E-state index in [0.717, 1.165) is 12.0 Å². The molecule has 2 heterocycles. The number of amides is 1. The quantitative estimate of drug-likeness (QED) is 0.874. The summed E-state index contributed by atoms with van der Waals surface area (Å²) in [7, 11) is 3.86. The molecule has 1 aliphatic heterocycles. The van der Waals surface area contributed by atoms with Gasteiger partial charge in [-0.15, -0.1) is 0 Å². The first-order valence-corrected chi connectivity index (χ1v) is 8.10. The highest BCUT2D eigenvalue weighted by atomic mass is 16.3. The van der Waals surface area contributed by atoms with E-state index >= 15 is 0 Å². The Labute approximate surface area is 141 Å². The van der Waals surface area contributed by atoms with E-state index in [4.69, 9.17) is 0 Å². The summed E-state index contributed by atoms with van der Waals surface area (Å²) in [5, 5.41) is 17.5. The number of benzene rings is 1. The maximum atomic E-state index is 13.0. The fourth-order valence-electron chi connectivity index (χ4n) is 3.39. The molecule has 1 atom stereocenters. The Kier molecular flexibility index (Phi) is 4.64. The number of carbonyl (C=O) groups excluding carboxylic acids is 1. The number of aliphatic hydroxyl groups is 1. The van der Waals surface area contributed by atoms with Gasteiger partial charge in [-0.2, -0.15) is 5.10 Å². The van der Waals surface area contributed by atoms with Crippen LogP contribution in [0.5, 0.6) is 0 Å². The molecule has 0 unspecified atom stereocenters. The predicted octanol–water partition coefficient (Wildman–Crippen LogP) is 1.00. The van der Waals surface area contributed by atoms with Crippen LogP contribution in [0.25, 0.3) is 11.4 Å². The third kappa shape index (κ3) is 3.47. The van der Waals surface area contributed by atoms with Gasteiger partial charge in [0.25, 0.3) is 5.91 Å². The third-order valence-electron chi connectivity index (χ3n) is 4.28. The average molecular weight is 329 g/mol. The standard InChI is InChI=1S/C17H23N5O2/c1-21(2)10-17(24)8-5-9-22(11-17)16(23)14-7-4-3-6-13(14)15-18-12-19-20-15/h3-4,6-7,12,24H,5,8-11H2,1-2H3,(H,18,19,20)/t17-/m1/s1. The fraction of sp³-hybridized carbons (Fsp3) is 0.471. The molecule has 1 amide bonds. The molecule has 1 aromatic carbocycles. The molecular formula is C17H23N5O2. The Hall–Kier alpha value is -2.25. The maximum Gasteiger partial charge on any atom is 0.254 e. The molecule has 1 fully saturated rings. The second-order valence-electron chi connectivity index (χ2n) is 6.67. The maximum absolute atomic E-state index is 13.0. The average Bonchev–Trinajstić information content (AvgIpc) is 3.07. The molecule has 128 valence electrons. The van der Waals surface area contributed by atoms with E-state index in [9.17, 15) is 9.90 Å². The monoisotopic (exact) mass is 329 g/mol. The first kappa shape index (κ1) is 16.6. The summed E-state index contributed by atoms with van der Waals surface area (Å²) in [6, 6.07) is 7.35. The zero-order valence-corrected chi connectivity index (χ0v) is 14.1. The molecule has 3 rings (SSSR count). The zero-order chi connectivity index (χ0) is 17.2. The molecule has 7 nitrogen and oxygen atoms in total. The highest BCUT2D eigenvalue weighted by molar-refractivity contribution is 6.00. The van der Waals surface area contributed by atoms with Crippen molar-refractivity contribution >= 4 is 5.91 Å². The van der Waals surface area contributed by atoms with Gasteiger partial charge in [-0.05, 0) is 33.0 Å². The number of hydrogen-bond acceptors (Lipinski definition) is 5. The van der Waals surface area contributed by atoms with Crippen molar-refractivity contribution in [2.75, 3.05) is 33.7 Å². The van der Waals surface area contributed by atoms with E-state index in [0.29, 0.717) is 37.4 Å². The molecule has 2 aromatic rings. The van der Waals surface area contributed by atoms with Crippen molar-refractivity contribution in [1.82, 2.24) is 25.0 Å². The molecule has 7 heteroatoms. The number of aromatic nitrogens is 3. The molecule has 1 aliphatic rings. The van der Waals surface area contributed by atoms with Gasteiger partial charge in [0.05, 0.1) is 17.7 Å². The van der Waals surface area contributed by atoms with Crippen LogP contribution in [-0.2, 0) is 0 Å². The van der Waals surface area contributed by atoms with Crippen LogP contribution >= 0.6 is 0 Å². The number of piperidine rings is 1. The van der Waals surface area contributed by atoms with Crippen LogP contribution in [0.15, 0.2) is 30.6 Å². The van der Waals surface area contributed by atoms with Crippen molar-refractivity contribution in [3.8, 4) is 11.4 Å². The van der Waals surface area contributed by atoms with Crippen LogP contribution in [-0.4, -0.2) is 75.3 Å². The largest absolute Gasteiger partial charge is 0.387 e. The molecule has 0 aliphatic carbocycles. The molecule has 0 spiro atoms. The first-order chi connectivity index (χ1) is 11.5. The van der Waals surface area contributed by atoms with Gasteiger partial charge in [0.2, 0.25) is 0 Å². The van der Waals surface area contributed by atoms with E-state index in [2.05, 4.69) is 15.2 Å². The summed E-state index contributed by atoms with van der Waals surface area (Å²) in [6.45, 7) is 1.54. The van der Waals surface area contributed by atoms with Gasteiger partial charge in [0.15, 0.2) is 5.82 Å². The Balaban J connectivity index is 1.85.